The van der Waals surface area contributed by atoms with E-state index >= 15 is 0 Å². The van der Waals surface area contributed by atoms with Gasteiger partial charge in [-0.05, 0) is 0 Å². The van der Waals surface area contributed by atoms with Crippen LogP contribution in [0, 0.1) is 0 Å². The van der Waals surface area contributed by atoms with Crippen molar-refractivity contribution in [3.63, 3.8) is 0 Å². The van der Waals surface area contributed by atoms with Crippen molar-refractivity contribution in [1.82, 2.24) is 0 Å². The summed E-state index contributed by atoms with van der Waals surface area (Å²) in [7, 11) is 18.2. The predicted molar refractivity (Wildman–Crippen MR) is 111 cm³/mol. The van der Waals surface area contributed by atoms with Crippen LogP contribution < -0.4 is 0 Å². The average Bonchev–Trinajstić information content (AvgIpc) is 2.09. The Hall–Kier alpha value is 0.774. The van der Waals surface area contributed by atoms with E-state index in [1.54, 1.807) is 0 Å². The zero-order valence-electron chi connectivity index (χ0n) is 12.5. The Kier molecular flexibility index (Phi) is 8.36. The van der Waals surface area contributed by atoms with Gasteiger partial charge in [-0.15, -0.1) is 0 Å². The molecule has 1 nitrogen and oxygen atoms in total. The molecule has 0 aliphatic carbocycles. The van der Waals surface area contributed by atoms with Gasteiger partial charge in [0, 0.05) is 0 Å². The third kappa shape index (κ3) is 5.91. The number of nitrogens with zero attached hydrogens (tertiary/aromatic N) is 1. The monoisotopic (exact) mass is 195 g/mol. The molecular weight excluding hydrogens is 176 g/mol. The summed E-state index contributed by atoms with van der Waals surface area (Å²) in [6.07, 6.45) is 3.25. The molecule has 0 fully saturated rings. The third-order valence-corrected chi connectivity index (χ3v) is 3.34. The van der Waals surface area contributed by atoms with E-state index in [9.17, 15) is 0 Å². The normalized spacial score (nSPS) is 9.25. The van der Waals surface area contributed by atoms with Gasteiger partial charge in [0.15, 0.2) is 0 Å². The van der Waals surface area contributed by atoms with Gasteiger partial charge in [-0.1, -0.05) is 0 Å². The summed E-state index contributed by atoms with van der Waals surface area (Å²) in [5.41, 5.74) is 0. The van der Waals surface area contributed by atoms with Crippen molar-refractivity contribution < 1.29 is 0 Å². The third-order valence-electron chi connectivity index (χ3n) is 3.34. The van der Waals surface area contributed by atoms with Crippen molar-refractivity contribution in [1.29, 1.82) is 0 Å². The van der Waals surface area contributed by atoms with Gasteiger partial charge in [-0.25, -0.2) is 0 Å². The fourth-order valence-electron chi connectivity index (χ4n) is 2.43. The molecule has 16 heteroatoms. The summed E-state index contributed by atoms with van der Waals surface area (Å²) in [5.74, 6) is 0. The molecule has 0 saturated carbocycles. The maximum absolute atomic E-state index is 4.84. The quantitative estimate of drug-likeness (QED) is 0.371. The van der Waals surface area contributed by atoms with E-state index in [0.29, 0.717) is 38.6 Å². The molecule has 0 bridgehead atoms. The number of hydrogen-bond donors (Lipinski definition) is 0. The zero-order valence-corrected chi connectivity index (χ0v) is 12.5. The van der Waals surface area contributed by atoms with Gasteiger partial charge in [-0.3, -0.25) is 0 Å². The van der Waals surface area contributed by atoms with E-state index < -0.39 is 0 Å². The summed E-state index contributed by atoms with van der Waals surface area (Å²) in [4.78, 5) is 4.84. The molecular formula is H16B15N. The van der Waals surface area contributed by atoms with Crippen LogP contribution in [0.1, 0.15) is 0 Å². The van der Waals surface area contributed by atoms with Crippen molar-refractivity contribution in [3.8, 4) is 0 Å². The van der Waals surface area contributed by atoms with Crippen LogP contribution in [0.2, 0.25) is 0 Å². The van der Waals surface area contributed by atoms with Crippen molar-refractivity contribution in [2.75, 3.05) is 0 Å². The first-order valence-corrected chi connectivity index (χ1v) is 6.80. The summed E-state index contributed by atoms with van der Waals surface area (Å²) >= 11 is 0. The van der Waals surface area contributed by atoms with Crippen LogP contribution in [0.4, 0.5) is 0 Å². The first-order chi connectivity index (χ1) is 7.27. The predicted octanol–water partition coefficient (Wildman–Crippen LogP) is -9.81. The van der Waals surface area contributed by atoms with Crippen LogP contribution in [0.5, 0.6) is 0 Å². The number of rotatable bonds is 6. The van der Waals surface area contributed by atoms with Gasteiger partial charge in [-0.2, -0.15) is 0 Å². The van der Waals surface area contributed by atoms with E-state index in [1.807, 2.05) is 0 Å². The standard InChI is InChI=1S/B15H16N/c1-10(2)14(11(3)4)9-16-15(12(5)6)13(7)8/h1-8H2. The van der Waals surface area contributed by atoms with Gasteiger partial charge < -0.3 is 0 Å². The molecule has 0 rings (SSSR count). The molecule has 0 N–H and O–H groups in total. The van der Waals surface area contributed by atoms with Gasteiger partial charge in [0.2, 0.25) is 0 Å². The maximum atomic E-state index is 4.84. The second-order valence-electron chi connectivity index (χ2n) is 6.34. The molecule has 0 aliphatic heterocycles. The van der Waals surface area contributed by atoms with Crippen molar-refractivity contribution in [3.05, 3.63) is 0 Å². The van der Waals surface area contributed by atoms with Crippen LogP contribution >= 0.6 is 0 Å². The van der Waals surface area contributed by atoms with E-state index in [4.69, 9.17) is 4.81 Å². The topological polar surface area (TPSA) is 12.4 Å². The van der Waals surface area contributed by atoms with Gasteiger partial charge in [0.05, 0.1) is 0 Å². The Balaban J connectivity index is 4.63. The zero-order chi connectivity index (χ0) is 12.9. The molecule has 0 heterocycles. The van der Waals surface area contributed by atoms with Gasteiger partial charge in [0.1, 0.15) is 0 Å². The fraction of sp³-hybridized carbons (Fsp3) is 0. The van der Waals surface area contributed by atoms with Gasteiger partial charge >= 0.3 is 112 Å². The summed E-state index contributed by atoms with van der Waals surface area (Å²) in [6.45, 7) is 2.69. The summed E-state index contributed by atoms with van der Waals surface area (Å²) in [5, 5.41) is 0. The van der Waals surface area contributed by atoms with Crippen molar-refractivity contribution >= 4 is 107 Å². The van der Waals surface area contributed by atoms with E-state index in [1.165, 1.54) is 0 Å². The fourth-order valence-corrected chi connectivity index (χ4v) is 2.43. The molecule has 0 atom stereocenters. The van der Waals surface area contributed by atoms with E-state index in [0.717, 1.165) is 0 Å². The molecule has 0 spiro atoms. The first kappa shape index (κ1) is 16.8. The molecule has 0 saturated heterocycles. The SMILES string of the molecule is BB(B)B(/B=N/B(B(B)B)B(B)B)B(B)B. The molecule has 0 aromatic rings. The number of hydrogen-bond acceptors (Lipinski definition) is 1. The minimum atomic E-state index is 0.472. The first-order valence-electron chi connectivity index (χ1n) is 6.80. The Labute approximate surface area is 112 Å². The minimum absolute atomic E-state index is 0.472. The average molecular weight is 192 g/mol. The van der Waals surface area contributed by atoms with Gasteiger partial charge in [0.25, 0.3) is 0 Å². The molecule has 0 aromatic carbocycles. The molecule has 0 radical (unpaired) electrons. The molecule has 0 amide bonds. The van der Waals surface area contributed by atoms with E-state index in [2.05, 4.69) is 68.9 Å². The molecule has 0 aliphatic rings. The summed E-state index contributed by atoms with van der Waals surface area (Å²) in [6, 6.07) is 0. The van der Waals surface area contributed by atoms with Crippen molar-refractivity contribution in [2.24, 2.45) is 4.81 Å². The summed E-state index contributed by atoms with van der Waals surface area (Å²) < 4.78 is 0. The van der Waals surface area contributed by atoms with Crippen LogP contribution in [0.25, 0.3) is 0 Å². The Morgan fingerprint density at radius 1 is 0.625 bits per heavy atom. The molecule has 0 unspecified atom stereocenters. The van der Waals surface area contributed by atoms with Crippen LogP contribution in [0.15, 0.2) is 4.81 Å². The second-order valence-corrected chi connectivity index (χ2v) is 6.34. The molecule has 16 heavy (non-hydrogen) atoms. The molecule has 66 valence electrons. The molecule has 0 aromatic heterocycles. The Morgan fingerprint density at radius 3 is 1.25 bits per heavy atom. The van der Waals surface area contributed by atoms with Crippen LogP contribution in [-0.4, -0.2) is 107 Å². The Bertz CT molecular complexity index is 163. The van der Waals surface area contributed by atoms with Crippen LogP contribution in [-0.2, 0) is 0 Å². The van der Waals surface area contributed by atoms with Crippen LogP contribution in [0.3, 0.4) is 0 Å². The van der Waals surface area contributed by atoms with Crippen molar-refractivity contribution in [2.45, 2.75) is 0 Å². The second kappa shape index (κ2) is 7.98. The van der Waals surface area contributed by atoms with E-state index in [-0.39, 0.29) is 0 Å². The Morgan fingerprint density at radius 2 is 1.00 bits per heavy atom.